The molecule has 3 aromatic rings. The first kappa shape index (κ1) is 29.9. The van der Waals surface area contributed by atoms with E-state index >= 15 is 0 Å². The van der Waals surface area contributed by atoms with Gasteiger partial charge < -0.3 is 32.2 Å². The number of piperidine rings is 1. The van der Waals surface area contributed by atoms with Gasteiger partial charge in [0.1, 0.15) is 17.0 Å². The van der Waals surface area contributed by atoms with E-state index in [9.17, 15) is 18.8 Å². The van der Waals surface area contributed by atoms with Crippen molar-refractivity contribution in [1.29, 1.82) is 0 Å². The van der Waals surface area contributed by atoms with Gasteiger partial charge in [-0.05, 0) is 72.4 Å². The Morgan fingerprint density at radius 1 is 1.11 bits per heavy atom. The number of nitrogens with one attached hydrogen (secondary N) is 1. The number of nitrogen functional groups attached to an aromatic ring is 1. The minimum absolute atomic E-state index is 0.163. The molecule has 44 heavy (non-hydrogen) atoms. The van der Waals surface area contributed by atoms with Crippen molar-refractivity contribution in [1.82, 2.24) is 10.2 Å². The predicted molar refractivity (Wildman–Crippen MR) is 167 cm³/mol. The summed E-state index contributed by atoms with van der Waals surface area (Å²) in [6.45, 7) is 5.51. The van der Waals surface area contributed by atoms with Crippen molar-refractivity contribution in [2.75, 3.05) is 18.8 Å². The number of rotatable bonds is 6. The number of para-hydroxylation sites is 1. The van der Waals surface area contributed by atoms with E-state index in [0.29, 0.717) is 58.2 Å². The highest BCUT2D eigenvalue weighted by Crippen LogP contribution is 2.56. The number of carbonyl (C=O) groups is 3. The van der Waals surface area contributed by atoms with Crippen LogP contribution >= 0.6 is 11.8 Å². The van der Waals surface area contributed by atoms with E-state index in [0.717, 1.165) is 5.56 Å². The second kappa shape index (κ2) is 11.4. The fraction of sp³-hybridized carbons (Fsp3) is 0.303. The molecule has 3 aliphatic rings. The maximum absolute atomic E-state index is 14.2. The van der Waals surface area contributed by atoms with Gasteiger partial charge in [0.15, 0.2) is 11.6 Å². The van der Waals surface area contributed by atoms with Crippen LogP contribution in [0.1, 0.15) is 41.0 Å². The summed E-state index contributed by atoms with van der Waals surface area (Å²) in [5, 5.41) is 2.26. The van der Waals surface area contributed by atoms with Gasteiger partial charge in [0.05, 0.1) is 11.3 Å². The Labute approximate surface area is 259 Å². The average Bonchev–Trinajstić information content (AvgIpc) is 3.42. The number of halogens is 1. The van der Waals surface area contributed by atoms with Crippen LogP contribution in [0.3, 0.4) is 0 Å². The van der Waals surface area contributed by atoms with Crippen LogP contribution in [0.25, 0.3) is 0 Å². The predicted octanol–water partition coefficient (Wildman–Crippen LogP) is 3.63. The van der Waals surface area contributed by atoms with Crippen LogP contribution in [0.15, 0.2) is 78.0 Å². The molecular formula is C33H34FN5O4S. The Morgan fingerprint density at radius 2 is 1.84 bits per heavy atom. The maximum Gasteiger partial charge on any atom is 0.282 e. The van der Waals surface area contributed by atoms with Gasteiger partial charge in [-0.25, -0.2) is 4.39 Å². The zero-order valence-corrected chi connectivity index (χ0v) is 25.0. The molecule has 0 saturated carbocycles. The van der Waals surface area contributed by atoms with E-state index in [1.165, 1.54) is 16.7 Å². The average molecular weight is 616 g/mol. The fourth-order valence-corrected chi connectivity index (χ4v) is 8.15. The van der Waals surface area contributed by atoms with Gasteiger partial charge in [0.25, 0.3) is 5.91 Å². The molecule has 1 saturated heterocycles. The minimum Gasteiger partial charge on any atom is -0.457 e. The monoisotopic (exact) mass is 615 g/mol. The first-order chi connectivity index (χ1) is 21.0. The molecule has 228 valence electrons. The number of amides is 2. The highest BCUT2D eigenvalue weighted by molar-refractivity contribution is 8.01. The van der Waals surface area contributed by atoms with Crippen LogP contribution in [0.2, 0.25) is 0 Å². The SMILES string of the molecule is C=C(F)C(=O)N1CCCC(NC(=O)C2Sc3c(N)ccc4c3C2C(N)C(=O)C4(N)c2ccc(Oc3ccccc3)cc2C)C1. The zero-order chi connectivity index (χ0) is 31.3. The van der Waals surface area contributed by atoms with Crippen molar-refractivity contribution in [2.24, 2.45) is 11.5 Å². The maximum atomic E-state index is 14.2. The van der Waals surface area contributed by atoms with Gasteiger partial charge in [-0.1, -0.05) is 36.9 Å². The van der Waals surface area contributed by atoms with Gasteiger partial charge in [-0.3, -0.25) is 14.4 Å². The number of likely N-dealkylation sites (tertiary alicyclic amines) is 1. The lowest BCUT2D eigenvalue weighted by molar-refractivity contribution is -0.131. The van der Waals surface area contributed by atoms with E-state index in [1.54, 1.807) is 24.3 Å². The summed E-state index contributed by atoms with van der Waals surface area (Å²) in [6.07, 6.45) is 1.22. The summed E-state index contributed by atoms with van der Waals surface area (Å²) in [6, 6.07) is 16.8. The summed E-state index contributed by atoms with van der Waals surface area (Å²) in [4.78, 5) is 42.1. The Balaban J connectivity index is 1.31. The van der Waals surface area contributed by atoms with E-state index < -0.39 is 40.3 Å². The Hall–Kier alpha value is -4.19. The van der Waals surface area contributed by atoms with Gasteiger partial charge in [0, 0.05) is 35.6 Å². The van der Waals surface area contributed by atoms with Gasteiger partial charge in [-0.2, -0.15) is 0 Å². The van der Waals surface area contributed by atoms with Crippen molar-refractivity contribution < 1.29 is 23.5 Å². The quantitative estimate of drug-likeness (QED) is 0.242. The highest BCUT2D eigenvalue weighted by atomic mass is 32.2. The molecule has 1 aliphatic carbocycles. The Morgan fingerprint density at radius 3 is 2.55 bits per heavy atom. The van der Waals surface area contributed by atoms with Crippen molar-refractivity contribution in [3.05, 3.63) is 95.3 Å². The Bertz CT molecular complexity index is 1680. The van der Waals surface area contributed by atoms with E-state index in [-0.39, 0.29) is 18.5 Å². The fourth-order valence-electron chi connectivity index (χ4n) is 6.70. The molecule has 5 atom stereocenters. The number of carbonyl (C=O) groups excluding carboxylic acids is 3. The molecule has 2 amide bonds. The highest BCUT2D eigenvalue weighted by Gasteiger charge is 2.57. The summed E-state index contributed by atoms with van der Waals surface area (Å²) < 4.78 is 19.5. The molecule has 0 spiro atoms. The number of hydrogen-bond donors (Lipinski definition) is 4. The number of nitrogens with zero attached hydrogens (tertiary/aromatic N) is 1. The lowest BCUT2D eigenvalue weighted by atomic mass is 9.64. The molecule has 11 heteroatoms. The smallest absolute Gasteiger partial charge is 0.282 e. The van der Waals surface area contributed by atoms with Crippen LogP contribution in [-0.4, -0.2) is 52.9 Å². The number of aryl methyl sites for hydroxylation is 1. The summed E-state index contributed by atoms with van der Waals surface area (Å²) in [7, 11) is 0. The van der Waals surface area contributed by atoms with Gasteiger partial charge in [-0.15, -0.1) is 11.8 Å². The summed E-state index contributed by atoms with van der Waals surface area (Å²) >= 11 is 1.27. The number of nitrogens with two attached hydrogens (primary N) is 3. The molecule has 0 aromatic heterocycles. The molecule has 7 N–H and O–H groups in total. The molecule has 0 bridgehead atoms. The Kier molecular flexibility index (Phi) is 7.73. The van der Waals surface area contributed by atoms with Crippen molar-refractivity contribution >= 4 is 35.0 Å². The number of benzene rings is 3. The molecule has 2 aliphatic heterocycles. The van der Waals surface area contributed by atoms with E-state index in [2.05, 4.69) is 11.9 Å². The number of anilines is 1. The third-order valence-electron chi connectivity index (χ3n) is 8.78. The van der Waals surface area contributed by atoms with Crippen LogP contribution in [-0.2, 0) is 19.9 Å². The molecule has 5 unspecified atom stereocenters. The summed E-state index contributed by atoms with van der Waals surface area (Å²) in [5.74, 6) is -1.93. The largest absolute Gasteiger partial charge is 0.457 e. The van der Waals surface area contributed by atoms with Gasteiger partial charge >= 0.3 is 0 Å². The van der Waals surface area contributed by atoms with Crippen molar-refractivity contribution in [3.63, 3.8) is 0 Å². The first-order valence-electron chi connectivity index (χ1n) is 14.5. The van der Waals surface area contributed by atoms with Crippen LogP contribution in [0.5, 0.6) is 11.5 Å². The number of thioether (sulfide) groups is 1. The molecule has 3 aromatic carbocycles. The number of Topliss-reactive ketones (excluding diaryl/α,β-unsaturated/α-hetero) is 1. The molecule has 1 fully saturated rings. The molecule has 0 radical (unpaired) electrons. The third-order valence-corrected chi connectivity index (χ3v) is 10.2. The minimum atomic E-state index is -1.58. The number of ketones is 1. The van der Waals surface area contributed by atoms with E-state index in [4.69, 9.17) is 21.9 Å². The summed E-state index contributed by atoms with van der Waals surface area (Å²) in [5.41, 5.74) is 21.7. The second-order valence-electron chi connectivity index (χ2n) is 11.6. The number of ether oxygens (including phenoxy) is 1. The lowest BCUT2D eigenvalue weighted by Crippen LogP contribution is -2.61. The molecular weight excluding hydrogens is 581 g/mol. The third kappa shape index (κ3) is 4.94. The second-order valence-corrected chi connectivity index (χ2v) is 12.8. The van der Waals surface area contributed by atoms with Crippen LogP contribution in [0, 0.1) is 6.92 Å². The van der Waals surface area contributed by atoms with Crippen LogP contribution in [0.4, 0.5) is 10.1 Å². The molecule has 6 rings (SSSR count). The van der Waals surface area contributed by atoms with Crippen molar-refractivity contribution in [3.8, 4) is 11.5 Å². The first-order valence-corrected chi connectivity index (χ1v) is 15.3. The van der Waals surface area contributed by atoms with Crippen molar-refractivity contribution in [2.45, 2.75) is 53.5 Å². The van der Waals surface area contributed by atoms with Crippen LogP contribution < -0.4 is 27.3 Å². The van der Waals surface area contributed by atoms with Gasteiger partial charge in [0.2, 0.25) is 5.91 Å². The zero-order valence-electron chi connectivity index (χ0n) is 24.2. The van der Waals surface area contributed by atoms with E-state index in [1.807, 2.05) is 43.3 Å². The normalized spacial score (nSPS) is 25.7. The molecule has 9 nitrogen and oxygen atoms in total. The standard InChI is InChI=1S/C33H34FN5O4S/c1-17-15-21(43-20-8-4-3-5-9-20)10-11-22(17)33(37)23-12-13-24(35)28-25(23)26(27(36)30(33)40)29(44-28)31(41)38-19-7-6-14-39(16-19)32(42)18(2)34/h3-5,8-13,15,19,26-27,29H,2,6-7,14,16,35-37H2,1H3,(H,38,41). The topological polar surface area (TPSA) is 154 Å². The number of hydrogen-bond acceptors (Lipinski definition) is 8. The molecule has 2 heterocycles. The lowest BCUT2D eigenvalue weighted by Gasteiger charge is -2.42.